The highest BCUT2D eigenvalue weighted by Crippen LogP contribution is 2.35. The van der Waals surface area contributed by atoms with E-state index in [-0.39, 0.29) is 43.4 Å². The van der Waals surface area contributed by atoms with Gasteiger partial charge < -0.3 is 24.6 Å². The van der Waals surface area contributed by atoms with E-state index in [0.29, 0.717) is 42.1 Å². The molecule has 4 heterocycles. The summed E-state index contributed by atoms with van der Waals surface area (Å²) in [5.74, 6) is -1.57. The van der Waals surface area contributed by atoms with Crippen molar-refractivity contribution in [2.75, 3.05) is 31.1 Å². The Bertz CT molecular complexity index is 1090. The number of ether oxygens (including phenoxy) is 2. The van der Waals surface area contributed by atoms with Crippen LogP contribution in [0.3, 0.4) is 0 Å². The summed E-state index contributed by atoms with van der Waals surface area (Å²) in [7, 11) is 0. The van der Waals surface area contributed by atoms with Gasteiger partial charge in [0.25, 0.3) is 5.91 Å². The number of carbonyl (C=O) groups excluding carboxylic acids is 3. The van der Waals surface area contributed by atoms with E-state index in [9.17, 15) is 14.4 Å². The number of carbonyl (C=O) groups is 3. The Balaban J connectivity index is 1.02. The first kappa shape index (κ1) is 25.7. The molecule has 1 aromatic carbocycles. The average Bonchev–Trinajstić information content (AvgIpc) is 3.50. The predicted molar refractivity (Wildman–Crippen MR) is 137 cm³/mol. The van der Waals surface area contributed by atoms with Crippen LogP contribution in [-0.4, -0.2) is 79.3 Å². The predicted octanol–water partition coefficient (Wildman–Crippen LogP) is 2.26. The van der Waals surface area contributed by atoms with Crippen molar-refractivity contribution < 1.29 is 28.2 Å². The molecule has 6 rings (SSSR count). The molecule has 2 N–H and O–H groups in total. The number of fused-ring (bicyclic) bond motifs is 1. The number of piperidine rings is 3. The van der Waals surface area contributed by atoms with Gasteiger partial charge in [0.15, 0.2) is 5.82 Å². The molecule has 4 fully saturated rings. The van der Waals surface area contributed by atoms with Gasteiger partial charge in [-0.05, 0) is 76.6 Å². The highest BCUT2D eigenvalue weighted by atomic mass is 19.1. The van der Waals surface area contributed by atoms with Crippen molar-refractivity contribution >= 4 is 23.4 Å². The number of hydrogen-bond acceptors (Lipinski definition) is 7. The summed E-state index contributed by atoms with van der Waals surface area (Å²) < 4.78 is 28.4. The Morgan fingerprint density at radius 3 is 2.21 bits per heavy atom. The molecule has 5 aliphatic rings. The van der Waals surface area contributed by atoms with Gasteiger partial charge in [-0.2, -0.15) is 0 Å². The second-order valence-electron chi connectivity index (χ2n) is 11.3. The molecule has 3 amide bonds. The van der Waals surface area contributed by atoms with Crippen LogP contribution in [-0.2, 0) is 25.6 Å². The summed E-state index contributed by atoms with van der Waals surface area (Å²) >= 11 is 0. The largest absolute Gasteiger partial charge is 0.375 e. The normalized spacial score (nSPS) is 29.2. The molecular formula is C28H37FN4O5. The van der Waals surface area contributed by atoms with Gasteiger partial charge in [0, 0.05) is 30.6 Å². The van der Waals surface area contributed by atoms with Crippen LogP contribution >= 0.6 is 0 Å². The summed E-state index contributed by atoms with van der Waals surface area (Å²) in [6.07, 6.45) is 8.38. The molecule has 0 aromatic heterocycles. The summed E-state index contributed by atoms with van der Waals surface area (Å²) in [4.78, 5) is 40.2. The molecule has 206 valence electrons. The Kier molecular flexibility index (Phi) is 7.37. The minimum absolute atomic E-state index is 0.0436. The highest BCUT2D eigenvalue weighted by molar-refractivity contribution is 6.05. The van der Waals surface area contributed by atoms with Crippen LogP contribution in [0.15, 0.2) is 12.1 Å². The van der Waals surface area contributed by atoms with Gasteiger partial charge in [-0.3, -0.25) is 19.7 Å². The second-order valence-corrected chi connectivity index (χ2v) is 11.3. The number of benzene rings is 1. The zero-order valence-electron chi connectivity index (χ0n) is 21.8. The van der Waals surface area contributed by atoms with Crippen LogP contribution in [0.1, 0.15) is 73.7 Å². The van der Waals surface area contributed by atoms with Crippen LogP contribution in [0.25, 0.3) is 0 Å². The topological polar surface area (TPSA) is 100 Å². The van der Waals surface area contributed by atoms with Gasteiger partial charge in [-0.15, -0.1) is 0 Å². The second kappa shape index (κ2) is 10.9. The Morgan fingerprint density at radius 1 is 0.842 bits per heavy atom. The number of imide groups is 1. The molecule has 10 heteroatoms. The third-order valence-corrected chi connectivity index (χ3v) is 8.80. The first-order valence-electron chi connectivity index (χ1n) is 14.2. The van der Waals surface area contributed by atoms with Crippen molar-refractivity contribution in [1.29, 1.82) is 0 Å². The number of hydrogen-bond donors (Lipinski definition) is 2. The molecule has 1 saturated carbocycles. The lowest BCUT2D eigenvalue weighted by molar-refractivity contribution is -0.136. The average molecular weight is 529 g/mol. The van der Waals surface area contributed by atoms with Crippen molar-refractivity contribution in [3.63, 3.8) is 0 Å². The minimum atomic E-state index is -0.747. The number of halogens is 1. The van der Waals surface area contributed by atoms with Crippen molar-refractivity contribution in [2.24, 2.45) is 0 Å². The molecule has 3 atom stereocenters. The maximum atomic E-state index is 15.7. The lowest BCUT2D eigenvalue weighted by Crippen LogP contribution is -2.52. The maximum absolute atomic E-state index is 15.7. The maximum Gasteiger partial charge on any atom is 0.255 e. The van der Waals surface area contributed by atoms with E-state index < -0.39 is 17.8 Å². The smallest absolute Gasteiger partial charge is 0.255 e. The molecule has 1 aliphatic carbocycles. The molecular weight excluding hydrogens is 491 g/mol. The summed E-state index contributed by atoms with van der Waals surface area (Å²) in [5, 5.41) is 5.67. The van der Waals surface area contributed by atoms with Gasteiger partial charge in [0.2, 0.25) is 11.8 Å². The molecule has 1 aromatic rings. The van der Waals surface area contributed by atoms with Gasteiger partial charge in [0.05, 0.1) is 36.6 Å². The summed E-state index contributed by atoms with van der Waals surface area (Å²) in [6.45, 7) is 3.49. The molecule has 0 radical (unpaired) electrons. The van der Waals surface area contributed by atoms with Crippen molar-refractivity contribution in [1.82, 2.24) is 15.5 Å². The van der Waals surface area contributed by atoms with Crippen molar-refractivity contribution in [2.45, 2.75) is 94.8 Å². The third kappa shape index (κ3) is 5.18. The number of nitrogens with zero attached hydrogens (tertiary/aromatic N) is 2. The van der Waals surface area contributed by atoms with E-state index in [1.165, 1.54) is 4.90 Å². The Hall–Kier alpha value is -2.56. The standard InChI is InChI=1S/C28H37FN4O5/c29-26-22-16-33(24-5-6-25(34)31-27(24)35)28(36)21(22)3-4-23(26)32-13-9-18(10-14-32)38-20-2-1-19(15-20)37-17-7-11-30-12-8-17/h3-4,17-20,24,30H,1-2,5-16H2,(H,31,34,35)/t19-,20-,24?/m0/s1. The van der Waals surface area contributed by atoms with E-state index >= 15 is 4.39 Å². The van der Waals surface area contributed by atoms with Crippen LogP contribution in [0.4, 0.5) is 10.1 Å². The molecule has 0 spiro atoms. The fourth-order valence-corrected chi connectivity index (χ4v) is 6.69. The van der Waals surface area contributed by atoms with E-state index in [4.69, 9.17) is 9.47 Å². The van der Waals surface area contributed by atoms with E-state index in [1.807, 2.05) is 4.90 Å². The number of amides is 3. The van der Waals surface area contributed by atoms with E-state index in [0.717, 1.165) is 58.0 Å². The summed E-state index contributed by atoms with van der Waals surface area (Å²) in [5.41, 5.74) is 1.13. The lowest BCUT2D eigenvalue weighted by atomic mass is 10.0. The molecule has 3 saturated heterocycles. The quantitative estimate of drug-likeness (QED) is 0.547. The van der Waals surface area contributed by atoms with Gasteiger partial charge in [0.1, 0.15) is 6.04 Å². The van der Waals surface area contributed by atoms with Crippen LogP contribution in [0, 0.1) is 5.82 Å². The molecule has 4 aliphatic heterocycles. The van der Waals surface area contributed by atoms with Gasteiger partial charge >= 0.3 is 0 Å². The Labute approximate surface area is 222 Å². The Morgan fingerprint density at radius 2 is 1.53 bits per heavy atom. The minimum Gasteiger partial charge on any atom is -0.375 e. The van der Waals surface area contributed by atoms with Gasteiger partial charge in [-0.1, -0.05) is 0 Å². The number of anilines is 1. The van der Waals surface area contributed by atoms with Crippen LogP contribution < -0.4 is 15.5 Å². The first-order chi connectivity index (χ1) is 18.5. The monoisotopic (exact) mass is 528 g/mol. The summed E-state index contributed by atoms with van der Waals surface area (Å²) in [6, 6.07) is 2.61. The van der Waals surface area contributed by atoms with Crippen molar-refractivity contribution in [3.05, 3.63) is 29.1 Å². The third-order valence-electron chi connectivity index (χ3n) is 8.80. The molecule has 0 bridgehead atoms. The zero-order valence-corrected chi connectivity index (χ0v) is 21.8. The molecule has 38 heavy (non-hydrogen) atoms. The fraction of sp³-hybridized carbons (Fsp3) is 0.679. The van der Waals surface area contributed by atoms with E-state index in [2.05, 4.69) is 10.6 Å². The first-order valence-corrected chi connectivity index (χ1v) is 14.2. The lowest BCUT2D eigenvalue weighted by Gasteiger charge is -2.35. The van der Waals surface area contributed by atoms with Crippen molar-refractivity contribution in [3.8, 4) is 0 Å². The molecule has 9 nitrogen and oxygen atoms in total. The molecule has 1 unspecified atom stereocenters. The fourth-order valence-electron chi connectivity index (χ4n) is 6.69. The van der Waals surface area contributed by atoms with Crippen LogP contribution in [0.5, 0.6) is 0 Å². The number of rotatable bonds is 6. The van der Waals surface area contributed by atoms with Gasteiger partial charge in [-0.25, -0.2) is 4.39 Å². The zero-order chi connectivity index (χ0) is 26.2. The highest BCUT2D eigenvalue weighted by Gasteiger charge is 2.41. The SMILES string of the molecule is O=C1CCC(N2Cc3c(ccc(N4CCC(O[C@H]5CC[C@H](OC6CCNCC6)C5)CC4)c3F)C2=O)C(=O)N1. The van der Waals surface area contributed by atoms with Crippen LogP contribution in [0.2, 0.25) is 0 Å². The van der Waals surface area contributed by atoms with E-state index in [1.54, 1.807) is 12.1 Å². The number of nitrogens with one attached hydrogen (secondary N) is 2.